The summed E-state index contributed by atoms with van der Waals surface area (Å²) in [5.74, 6) is 0.585. The third kappa shape index (κ3) is 4.30. The third-order valence-corrected chi connectivity index (χ3v) is 4.13. The summed E-state index contributed by atoms with van der Waals surface area (Å²) in [5.41, 5.74) is 1.15. The van der Waals surface area contributed by atoms with E-state index in [0.29, 0.717) is 12.5 Å². The number of benzene rings is 1. The van der Waals surface area contributed by atoms with Crippen LogP contribution in [0.25, 0.3) is 0 Å². The maximum Gasteiger partial charge on any atom is 0.0679 e. The Morgan fingerprint density at radius 1 is 1.30 bits per heavy atom. The molecule has 0 spiro atoms. The van der Waals surface area contributed by atoms with Gasteiger partial charge in [-0.1, -0.05) is 37.3 Å². The van der Waals surface area contributed by atoms with E-state index in [1.165, 1.54) is 18.4 Å². The van der Waals surface area contributed by atoms with Crippen molar-refractivity contribution in [1.29, 1.82) is 0 Å². The summed E-state index contributed by atoms with van der Waals surface area (Å²) in [6.45, 7) is 4.52. The van der Waals surface area contributed by atoms with Crippen LogP contribution in [-0.4, -0.2) is 37.0 Å². The summed E-state index contributed by atoms with van der Waals surface area (Å²) in [6, 6.07) is 10.5. The van der Waals surface area contributed by atoms with Crippen LogP contribution in [0.3, 0.4) is 0 Å². The van der Waals surface area contributed by atoms with Gasteiger partial charge in [0.15, 0.2) is 0 Å². The lowest BCUT2D eigenvalue weighted by Crippen LogP contribution is -2.54. The largest absolute Gasteiger partial charge is 0.394 e. The first-order chi connectivity index (χ1) is 9.80. The summed E-state index contributed by atoms with van der Waals surface area (Å²) in [6.07, 6.45) is 4.50. The molecule has 112 valence electrons. The predicted octanol–water partition coefficient (Wildman–Crippen LogP) is 2.39. The highest BCUT2D eigenvalue weighted by Crippen LogP contribution is 2.39. The molecule has 0 aromatic heterocycles. The van der Waals surface area contributed by atoms with Gasteiger partial charge in [-0.3, -0.25) is 0 Å². The minimum absolute atomic E-state index is 0.171. The Morgan fingerprint density at radius 2 is 2.05 bits per heavy atom. The molecule has 1 aromatic rings. The smallest absolute Gasteiger partial charge is 0.0679 e. The number of ether oxygens (including phenoxy) is 1. The molecule has 0 amide bonds. The average molecular weight is 277 g/mol. The van der Waals surface area contributed by atoms with Gasteiger partial charge < -0.3 is 15.2 Å². The molecule has 1 atom stereocenters. The Morgan fingerprint density at radius 3 is 2.65 bits per heavy atom. The fourth-order valence-electron chi connectivity index (χ4n) is 2.81. The second-order valence-electron chi connectivity index (χ2n) is 5.76. The number of aliphatic hydroxyl groups is 1. The lowest BCUT2D eigenvalue weighted by Gasteiger charge is -2.32. The Hall–Kier alpha value is -0.900. The molecule has 2 rings (SSSR count). The molecule has 1 fully saturated rings. The molecule has 0 heterocycles. The van der Waals surface area contributed by atoms with E-state index in [9.17, 15) is 5.11 Å². The second kappa shape index (κ2) is 7.77. The van der Waals surface area contributed by atoms with Gasteiger partial charge in [-0.2, -0.15) is 0 Å². The number of hydrogen-bond acceptors (Lipinski definition) is 3. The van der Waals surface area contributed by atoms with Crippen molar-refractivity contribution in [3.63, 3.8) is 0 Å². The fourth-order valence-corrected chi connectivity index (χ4v) is 2.81. The number of aryl methyl sites for hydroxylation is 1. The quantitative estimate of drug-likeness (QED) is 0.645. The van der Waals surface area contributed by atoms with Crippen molar-refractivity contribution in [2.45, 2.75) is 38.1 Å². The van der Waals surface area contributed by atoms with E-state index < -0.39 is 0 Å². The first kappa shape index (κ1) is 15.5. The van der Waals surface area contributed by atoms with Gasteiger partial charge in [0.2, 0.25) is 0 Å². The van der Waals surface area contributed by atoms with Gasteiger partial charge in [0.25, 0.3) is 0 Å². The molecular weight excluding hydrogens is 250 g/mol. The van der Waals surface area contributed by atoms with E-state index >= 15 is 0 Å². The Balaban J connectivity index is 1.68. The molecule has 3 nitrogen and oxygen atoms in total. The van der Waals surface area contributed by atoms with E-state index in [4.69, 9.17) is 4.74 Å². The van der Waals surface area contributed by atoms with E-state index in [0.717, 1.165) is 26.0 Å². The molecule has 0 bridgehead atoms. The number of likely N-dealkylation sites (N-methyl/N-ethyl adjacent to an activating group) is 1. The molecule has 1 aliphatic rings. The highest BCUT2D eigenvalue weighted by Gasteiger charge is 2.44. The molecule has 1 aromatic carbocycles. The normalized spacial score (nSPS) is 17.9. The molecule has 0 aliphatic heterocycles. The van der Waals surface area contributed by atoms with Gasteiger partial charge in [0, 0.05) is 6.61 Å². The highest BCUT2D eigenvalue weighted by molar-refractivity contribution is 5.14. The molecule has 1 unspecified atom stereocenters. The molecule has 2 N–H and O–H groups in total. The van der Waals surface area contributed by atoms with Gasteiger partial charge in [-0.25, -0.2) is 0 Å². The third-order valence-electron chi connectivity index (χ3n) is 4.13. The van der Waals surface area contributed by atoms with E-state index in [1.807, 2.05) is 6.07 Å². The monoisotopic (exact) mass is 277 g/mol. The van der Waals surface area contributed by atoms with Crippen molar-refractivity contribution < 1.29 is 9.84 Å². The van der Waals surface area contributed by atoms with E-state index in [-0.39, 0.29) is 12.1 Å². The molecule has 1 saturated carbocycles. The Kier molecular flexibility index (Phi) is 6.02. The van der Waals surface area contributed by atoms with Gasteiger partial charge in [-0.05, 0) is 43.7 Å². The van der Waals surface area contributed by atoms with Gasteiger partial charge in [0.1, 0.15) is 0 Å². The van der Waals surface area contributed by atoms with Crippen LogP contribution in [0, 0.1) is 5.92 Å². The second-order valence-corrected chi connectivity index (χ2v) is 5.76. The molecule has 1 aliphatic carbocycles. The van der Waals surface area contributed by atoms with Crippen molar-refractivity contribution in [3.05, 3.63) is 35.9 Å². The van der Waals surface area contributed by atoms with Crippen LogP contribution < -0.4 is 5.32 Å². The van der Waals surface area contributed by atoms with Gasteiger partial charge >= 0.3 is 0 Å². The number of hydrogen-bond donors (Lipinski definition) is 2. The lowest BCUT2D eigenvalue weighted by molar-refractivity contribution is 0.0238. The zero-order chi connectivity index (χ0) is 14.3. The van der Waals surface area contributed by atoms with Crippen LogP contribution in [0.1, 0.15) is 31.7 Å². The van der Waals surface area contributed by atoms with Crippen LogP contribution in [0.2, 0.25) is 0 Å². The van der Waals surface area contributed by atoms with Crippen molar-refractivity contribution in [1.82, 2.24) is 5.32 Å². The van der Waals surface area contributed by atoms with Crippen molar-refractivity contribution in [2.24, 2.45) is 5.92 Å². The SMILES string of the molecule is CCNC(CO)(COCCCc1ccccc1)C1CC1. The first-order valence-electron chi connectivity index (χ1n) is 7.78. The summed E-state index contributed by atoms with van der Waals surface area (Å²) in [7, 11) is 0. The van der Waals surface area contributed by atoms with Crippen molar-refractivity contribution >= 4 is 0 Å². The van der Waals surface area contributed by atoms with Crippen LogP contribution in [0.4, 0.5) is 0 Å². The molecule has 20 heavy (non-hydrogen) atoms. The molecule has 0 saturated heterocycles. The number of aliphatic hydroxyl groups excluding tert-OH is 1. The zero-order valence-electron chi connectivity index (χ0n) is 12.5. The summed E-state index contributed by atoms with van der Waals surface area (Å²) in [4.78, 5) is 0. The van der Waals surface area contributed by atoms with Crippen LogP contribution in [0.15, 0.2) is 30.3 Å². The average Bonchev–Trinajstić information content (AvgIpc) is 3.32. The van der Waals surface area contributed by atoms with Crippen molar-refractivity contribution in [2.75, 3.05) is 26.4 Å². The predicted molar refractivity (Wildman–Crippen MR) is 81.8 cm³/mol. The number of rotatable bonds is 10. The fraction of sp³-hybridized carbons (Fsp3) is 0.647. The Labute approximate surface area is 122 Å². The minimum Gasteiger partial charge on any atom is -0.394 e. The van der Waals surface area contributed by atoms with Gasteiger partial charge in [0.05, 0.1) is 18.8 Å². The van der Waals surface area contributed by atoms with E-state index in [1.54, 1.807) is 0 Å². The zero-order valence-corrected chi connectivity index (χ0v) is 12.5. The summed E-state index contributed by atoms with van der Waals surface area (Å²) >= 11 is 0. The summed E-state index contributed by atoms with van der Waals surface area (Å²) in [5, 5.41) is 13.2. The van der Waals surface area contributed by atoms with Crippen LogP contribution in [-0.2, 0) is 11.2 Å². The number of nitrogens with one attached hydrogen (secondary N) is 1. The first-order valence-corrected chi connectivity index (χ1v) is 7.78. The molecule has 0 radical (unpaired) electrons. The minimum atomic E-state index is -0.207. The highest BCUT2D eigenvalue weighted by atomic mass is 16.5. The maximum atomic E-state index is 9.71. The topological polar surface area (TPSA) is 41.5 Å². The van der Waals surface area contributed by atoms with Crippen molar-refractivity contribution in [3.8, 4) is 0 Å². The lowest BCUT2D eigenvalue weighted by atomic mass is 9.95. The van der Waals surface area contributed by atoms with Crippen LogP contribution >= 0.6 is 0 Å². The maximum absolute atomic E-state index is 9.71. The molecule has 3 heteroatoms. The summed E-state index contributed by atoms with van der Waals surface area (Å²) < 4.78 is 5.84. The standard InChI is InChI=1S/C17H27NO2/c1-2-18-17(13-19,16-10-11-16)14-20-12-6-9-15-7-4-3-5-8-15/h3-5,7-8,16,18-19H,2,6,9-14H2,1H3. The van der Waals surface area contributed by atoms with Crippen LogP contribution in [0.5, 0.6) is 0 Å². The molecular formula is C17H27NO2. The van der Waals surface area contributed by atoms with E-state index in [2.05, 4.69) is 36.5 Å². The Bertz CT molecular complexity index is 378. The van der Waals surface area contributed by atoms with Gasteiger partial charge in [-0.15, -0.1) is 0 Å².